The smallest absolute Gasteiger partial charge is 0.285 e. The summed E-state index contributed by atoms with van der Waals surface area (Å²) in [5.41, 5.74) is 3.39. The van der Waals surface area contributed by atoms with E-state index in [-0.39, 0.29) is 15.6 Å². The second kappa shape index (κ2) is 8.92. The Bertz CT molecular complexity index is 1490. The van der Waals surface area contributed by atoms with E-state index >= 15 is 0 Å². The molecule has 5 rings (SSSR count). The Morgan fingerprint density at radius 3 is 2.49 bits per heavy atom. The van der Waals surface area contributed by atoms with Crippen LogP contribution in [-0.4, -0.2) is 37.9 Å². The van der Waals surface area contributed by atoms with Gasteiger partial charge in [-0.25, -0.2) is 4.68 Å². The fourth-order valence-electron chi connectivity index (χ4n) is 4.79. The molecule has 35 heavy (non-hydrogen) atoms. The molecule has 8 heteroatoms. The highest BCUT2D eigenvalue weighted by Crippen LogP contribution is 2.48. The van der Waals surface area contributed by atoms with Crippen molar-refractivity contribution in [3.63, 3.8) is 0 Å². The van der Waals surface area contributed by atoms with E-state index in [1.807, 2.05) is 78.3 Å². The van der Waals surface area contributed by atoms with Gasteiger partial charge >= 0.3 is 0 Å². The van der Waals surface area contributed by atoms with E-state index in [2.05, 4.69) is 22.4 Å². The van der Waals surface area contributed by atoms with Crippen molar-refractivity contribution in [3.05, 3.63) is 118 Å². The highest BCUT2D eigenvalue weighted by molar-refractivity contribution is 6.44. The number of aromatic nitrogens is 3. The number of allylic oxidation sites excluding steroid dienone is 4. The standard InChI is InChI=1S/C27H23ClN4O3/c1-18-11-13-19(14-12-18)27(21-7-3-6-10-26(21)35-2,20-15-16-24(32(33)34)22(28)17-20)31-25-9-5-4-8-23(25)29-30-31/h3-17,20H,1-2H3,(H,33,34). The van der Waals surface area contributed by atoms with Crippen molar-refractivity contribution in [3.8, 4) is 5.75 Å². The van der Waals surface area contributed by atoms with E-state index in [1.54, 1.807) is 13.2 Å². The van der Waals surface area contributed by atoms with Gasteiger partial charge in [-0.2, -0.15) is 0 Å². The lowest BCUT2D eigenvalue weighted by atomic mass is 9.71. The summed E-state index contributed by atoms with van der Waals surface area (Å²) >= 11 is 6.53. The number of rotatable bonds is 5. The van der Waals surface area contributed by atoms with Crippen molar-refractivity contribution >= 4 is 28.3 Å². The molecule has 1 aromatic heterocycles. The molecule has 2 unspecified atom stereocenters. The second-order valence-corrected chi connectivity index (χ2v) is 8.79. The van der Waals surface area contributed by atoms with E-state index in [4.69, 9.17) is 16.3 Å². The highest BCUT2D eigenvalue weighted by Gasteiger charge is 2.47. The van der Waals surface area contributed by atoms with E-state index in [1.165, 1.54) is 6.08 Å². The van der Waals surface area contributed by atoms with Gasteiger partial charge in [-0.05, 0) is 36.8 Å². The largest absolute Gasteiger partial charge is 0.496 e. The molecule has 0 saturated carbocycles. The number of methoxy groups -OCH3 is 1. The van der Waals surface area contributed by atoms with Gasteiger partial charge in [0.25, 0.3) is 5.71 Å². The van der Waals surface area contributed by atoms with Crippen molar-refractivity contribution < 1.29 is 14.8 Å². The van der Waals surface area contributed by atoms with Gasteiger partial charge in [0.15, 0.2) is 0 Å². The summed E-state index contributed by atoms with van der Waals surface area (Å²) in [4.78, 5) is -0.229. The number of halogens is 1. The van der Waals surface area contributed by atoms with Crippen LogP contribution in [0.3, 0.4) is 0 Å². The topological polar surface area (TPSA) is 86.2 Å². The number of aryl methyl sites for hydroxylation is 1. The van der Waals surface area contributed by atoms with Crippen LogP contribution in [0.5, 0.6) is 5.75 Å². The first-order valence-corrected chi connectivity index (χ1v) is 11.4. The monoisotopic (exact) mass is 486 g/mol. The van der Waals surface area contributed by atoms with Crippen LogP contribution >= 0.6 is 11.6 Å². The molecular weight excluding hydrogens is 464 g/mol. The average molecular weight is 487 g/mol. The minimum absolute atomic E-state index is 0.0378. The van der Waals surface area contributed by atoms with Gasteiger partial charge in [-0.3, -0.25) is 5.21 Å². The summed E-state index contributed by atoms with van der Waals surface area (Å²) in [5, 5.41) is 30.4. The minimum Gasteiger partial charge on any atom is -0.496 e. The van der Waals surface area contributed by atoms with Crippen LogP contribution < -0.4 is 4.74 Å². The maximum atomic E-state index is 11.7. The third-order valence-corrected chi connectivity index (χ3v) is 6.74. The Labute approximate surface area is 207 Å². The van der Waals surface area contributed by atoms with Gasteiger partial charge in [-0.15, -0.1) is 5.10 Å². The first-order valence-electron chi connectivity index (χ1n) is 11.1. The SMILES string of the molecule is COc1ccccc1C(c1ccc(C)cc1)(C1C=C/C(=[N+](/[O-])O)C(Cl)=C1)n1nnc2ccccc21. The lowest BCUT2D eigenvalue weighted by Crippen LogP contribution is -2.44. The molecule has 4 aromatic rings. The molecule has 1 aliphatic carbocycles. The minimum atomic E-state index is -0.998. The molecule has 0 spiro atoms. The van der Waals surface area contributed by atoms with Crippen molar-refractivity contribution in [2.24, 2.45) is 5.92 Å². The molecule has 176 valence electrons. The Morgan fingerprint density at radius 1 is 1.06 bits per heavy atom. The number of hydrogen-bond acceptors (Lipinski definition) is 5. The zero-order valence-corrected chi connectivity index (χ0v) is 19.9. The number of para-hydroxylation sites is 2. The Hall–Kier alpha value is -4.10. The third-order valence-electron chi connectivity index (χ3n) is 6.42. The van der Waals surface area contributed by atoms with Crippen LogP contribution in [0.4, 0.5) is 0 Å². The molecule has 0 fully saturated rings. The lowest BCUT2D eigenvalue weighted by Gasteiger charge is -2.41. The van der Waals surface area contributed by atoms with Crippen LogP contribution in [0.15, 0.2) is 96.1 Å². The summed E-state index contributed by atoms with van der Waals surface area (Å²) in [6, 6.07) is 23.7. The fraction of sp³-hybridized carbons (Fsp3) is 0.148. The molecule has 1 aliphatic rings. The van der Waals surface area contributed by atoms with Gasteiger partial charge in [0.05, 0.1) is 12.6 Å². The second-order valence-electron chi connectivity index (χ2n) is 8.38. The van der Waals surface area contributed by atoms with Crippen molar-refractivity contribution in [2.45, 2.75) is 12.5 Å². The van der Waals surface area contributed by atoms with E-state index in [9.17, 15) is 10.4 Å². The molecule has 3 aromatic carbocycles. The Kier molecular flexibility index (Phi) is 5.78. The Balaban J connectivity index is 1.94. The molecule has 0 radical (unpaired) electrons. The van der Waals surface area contributed by atoms with E-state index in [0.29, 0.717) is 5.75 Å². The van der Waals surface area contributed by atoms with Gasteiger partial charge in [0, 0.05) is 22.5 Å². The lowest BCUT2D eigenvalue weighted by molar-refractivity contribution is -0.725. The van der Waals surface area contributed by atoms with Gasteiger partial charge < -0.3 is 9.94 Å². The normalized spacial score (nSPS) is 18.7. The number of hydrogen-bond donors (Lipinski definition) is 1. The molecule has 7 nitrogen and oxygen atoms in total. The van der Waals surface area contributed by atoms with Crippen molar-refractivity contribution in [1.29, 1.82) is 0 Å². The summed E-state index contributed by atoms with van der Waals surface area (Å²) in [7, 11) is 1.63. The predicted molar refractivity (Wildman–Crippen MR) is 135 cm³/mol. The van der Waals surface area contributed by atoms with Crippen LogP contribution in [0.2, 0.25) is 0 Å². The fourth-order valence-corrected chi connectivity index (χ4v) is 5.06. The first-order chi connectivity index (χ1) is 17.0. The van der Waals surface area contributed by atoms with Crippen LogP contribution in [0.1, 0.15) is 16.7 Å². The van der Waals surface area contributed by atoms with Gasteiger partial charge in [0.1, 0.15) is 21.8 Å². The molecule has 2 atom stereocenters. The maximum Gasteiger partial charge on any atom is 0.285 e. The number of benzene rings is 3. The summed E-state index contributed by atoms with van der Waals surface area (Å²) < 4.78 is 7.73. The summed E-state index contributed by atoms with van der Waals surface area (Å²) in [5.74, 6) is 0.232. The molecule has 0 amide bonds. The van der Waals surface area contributed by atoms with Crippen LogP contribution in [0.25, 0.3) is 11.0 Å². The molecule has 1 N–H and O–H groups in total. The molecule has 1 heterocycles. The van der Waals surface area contributed by atoms with Gasteiger partial charge in [-0.1, -0.05) is 83.1 Å². The third kappa shape index (κ3) is 3.65. The van der Waals surface area contributed by atoms with Crippen LogP contribution in [-0.2, 0) is 5.54 Å². The zero-order valence-electron chi connectivity index (χ0n) is 19.2. The number of nitrogens with zero attached hydrogens (tertiary/aromatic N) is 4. The zero-order chi connectivity index (χ0) is 24.6. The van der Waals surface area contributed by atoms with Crippen molar-refractivity contribution in [2.75, 3.05) is 7.11 Å². The molecule has 0 bridgehead atoms. The van der Waals surface area contributed by atoms with E-state index < -0.39 is 11.5 Å². The first kappa shape index (κ1) is 22.7. The average Bonchev–Trinajstić information content (AvgIpc) is 3.30. The van der Waals surface area contributed by atoms with E-state index in [0.717, 1.165) is 27.7 Å². The number of fused-ring (bicyclic) bond motifs is 1. The quantitative estimate of drug-likeness (QED) is 0.238. The van der Waals surface area contributed by atoms with Gasteiger partial charge in [0.2, 0.25) is 0 Å². The molecular formula is C27H23ClN4O3. The van der Waals surface area contributed by atoms with Crippen LogP contribution in [0, 0.1) is 18.0 Å². The maximum absolute atomic E-state index is 11.7. The molecule has 0 saturated heterocycles. The summed E-state index contributed by atoms with van der Waals surface area (Å²) in [6.45, 7) is 2.03. The summed E-state index contributed by atoms with van der Waals surface area (Å²) in [6.07, 6.45) is 5.11. The Morgan fingerprint density at radius 2 is 1.77 bits per heavy atom. The number of ether oxygens (including phenoxy) is 1. The predicted octanol–water partition coefficient (Wildman–Crippen LogP) is 5.19. The molecule has 0 aliphatic heterocycles. The highest BCUT2D eigenvalue weighted by atomic mass is 35.5. The van der Waals surface area contributed by atoms with Crippen molar-refractivity contribution in [1.82, 2.24) is 15.0 Å².